The minimum atomic E-state index is -0.385. The van der Waals surface area contributed by atoms with E-state index in [4.69, 9.17) is 11.6 Å². The molecule has 0 spiro atoms. The number of nitrogens with one attached hydrogen (secondary N) is 1. The molecule has 0 atom stereocenters. The molecule has 0 bridgehead atoms. The second-order valence-corrected chi connectivity index (χ2v) is 5.39. The van der Waals surface area contributed by atoms with Crippen LogP contribution in [0, 0.1) is 5.92 Å². The zero-order valence-electron chi connectivity index (χ0n) is 10.7. The Labute approximate surface area is 111 Å². The van der Waals surface area contributed by atoms with Crippen molar-refractivity contribution >= 4 is 11.6 Å². The molecule has 18 heavy (non-hydrogen) atoms. The van der Waals surface area contributed by atoms with E-state index in [-0.39, 0.29) is 16.4 Å². The van der Waals surface area contributed by atoms with Gasteiger partial charge in [0.1, 0.15) is 5.15 Å². The van der Waals surface area contributed by atoms with Crippen molar-refractivity contribution in [1.82, 2.24) is 9.55 Å². The Kier molecular flexibility index (Phi) is 4.27. The van der Waals surface area contributed by atoms with E-state index in [1.54, 1.807) is 0 Å². The van der Waals surface area contributed by atoms with Crippen molar-refractivity contribution in [2.24, 2.45) is 5.92 Å². The average Bonchev–Trinajstić information content (AvgIpc) is 2.26. The van der Waals surface area contributed by atoms with Crippen molar-refractivity contribution in [3.8, 4) is 0 Å². The first-order valence-corrected chi connectivity index (χ1v) is 7.02. The smallest absolute Gasteiger partial charge is 0.297 e. The highest BCUT2D eigenvalue weighted by Crippen LogP contribution is 2.29. The van der Waals surface area contributed by atoms with Crippen LogP contribution >= 0.6 is 11.6 Å². The van der Waals surface area contributed by atoms with Crippen LogP contribution in [0.5, 0.6) is 0 Å². The quantitative estimate of drug-likeness (QED) is 0.835. The van der Waals surface area contributed by atoms with Gasteiger partial charge in [0.05, 0.1) is 5.56 Å². The molecule has 100 valence electrons. The van der Waals surface area contributed by atoms with Gasteiger partial charge in [-0.15, -0.1) is 0 Å². The molecule has 1 aromatic heterocycles. The van der Waals surface area contributed by atoms with Gasteiger partial charge in [0.15, 0.2) is 0 Å². The molecule has 2 rings (SSSR count). The summed E-state index contributed by atoms with van der Waals surface area (Å²) in [5, 5.41) is 0.201. The van der Waals surface area contributed by atoms with Crippen LogP contribution in [0.1, 0.15) is 44.6 Å². The van der Waals surface area contributed by atoms with E-state index < -0.39 is 0 Å². The van der Waals surface area contributed by atoms with Crippen LogP contribution in [0.15, 0.2) is 9.59 Å². The molecule has 0 radical (unpaired) electrons. The molecule has 0 saturated heterocycles. The third-order valence-electron chi connectivity index (χ3n) is 3.72. The summed E-state index contributed by atoms with van der Waals surface area (Å²) in [4.78, 5) is 26.5. The van der Waals surface area contributed by atoms with Gasteiger partial charge in [-0.05, 0) is 18.8 Å². The van der Waals surface area contributed by atoms with Crippen LogP contribution in [0.3, 0.4) is 0 Å². The number of aromatic amines is 1. The average molecular weight is 271 g/mol. The highest BCUT2D eigenvalue weighted by atomic mass is 35.5. The molecule has 0 aliphatic heterocycles. The van der Waals surface area contributed by atoms with Crippen LogP contribution < -0.4 is 11.2 Å². The SMILES string of the molecule is CCCc1c(Cl)[nH]c(=O)n(CCC2CCC2)c1=O. The summed E-state index contributed by atoms with van der Waals surface area (Å²) in [6.07, 6.45) is 6.08. The summed E-state index contributed by atoms with van der Waals surface area (Å²) in [6.45, 7) is 2.49. The van der Waals surface area contributed by atoms with Gasteiger partial charge < -0.3 is 0 Å². The number of rotatable bonds is 5. The van der Waals surface area contributed by atoms with Crippen LogP contribution in [-0.4, -0.2) is 9.55 Å². The van der Waals surface area contributed by atoms with Gasteiger partial charge >= 0.3 is 5.69 Å². The fourth-order valence-electron chi connectivity index (χ4n) is 2.35. The summed E-state index contributed by atoms with van der Waals surface area (Å²) >= 11 is 5.92. The first-order valence-electron chi connectivity index (χ1n) is 6.65. The molecule has 1 fully saturated rings. The topological polar surface area (TPSA) is 54.9 Å². The van der Waals surface area contributed by atoms with Crippen LogP contribution in [-0.2, 0) is 13.0 Å². The Hall–Kier alpha value is -1.03. The first kappa shape index (κ1) is 13.4. The maximum absolute atomic E-state index is 12.2. The molecule has 1 N–H and O–H groups in total. The fraction of sp³-hybridized carbons (Fsp3) is 0.692. The number of hydrogen-bond donors (Lipinski definition) is 1. The van der Waals surface area contributed by atoms with E-state index in [0.717, 1.165) is 12.8 Å². The van der Waals surface area contributed by atoms with Gasteiger partial charge in [0.25, 0.3) is 5.56 Å². The number of H-pyrrole nitrogens is 1. The molecule has 1 aromatic rings. The molecule has 1 heterocycles. The zero-order chi connectivity index (χ0) is 13.1. The molecular formula is C13H19ClN2O2. The molecule has 0 aromatic carbocycles. The molecule has 0 unspecified atom stereocenters. The summed E-state index contributed by atoms with van der Waals surface area (Å²) in [5.41, 5.74) is -0.0681. The molecule has 5 heteroatoms. The second-order valence-electron chi connectivity index (χ2n) is 5.02. The van der Waals surface area contributed by atoms with Crippen molar-refractivity contribution in [3.63, 3.8) is 0 Å². The van der Waals surface area contributed by atoms with Crippen molar-refractivity contribution < 1.29 is 0 Å². The van der Waals surface area contributed by atoms with Gasteiger partial charge in [-0.25, -0.2) is 4.79 Å². The standard InChI is InChI=1S/C13H19ClN2O2/c1-2-4-10-11(14)15-13(18)16(12(10)17)8-7-9-5-3-6-9/h9H,2-8H2,1H3,(H,15,18). The highest BCUT2D eigenvalue weighted by molar-refractivity contribution is 6.30. The number of nitrogens with zero attached hydrogens (tertiary/aromatic N) is 1. The Morgan fingerprint density at radius 2 is 2.11 bits per heavy atom. The van der Waals surface area contributed by atoms with E-state index in [1.807, 2.05) is 6.92 Å². The lowest BCUT2D eigenvalue weighted by Gasteiger charge is -2.25. The monoisotopic (exact) mass is 270 g/mol. The number of aromatic nitrogens is 2. The minimum absolute atomic E-state index is 0.201. The van der Waals surface area contributed by atoms with E-state index in [9.17, 15) is 9.59 Å². The van der Waals surface area contributed by atoms with Crippen LogP contribution in [0.2, 0.25) is 5.15 Å². The predicted molar refractivity (Wildman–Crippen MR) is 72.3 cm³/mol. The van der Waals surface area contributed by atoms with Crippen molar-refractivity contribution in [3.05, 3.63) is 31.6 Å². The highest BCUT2D eigenvalue weighted by Gasteiger charge is 2.18. The summed E-state index contributed by atoms with van der Waals surface area (Å²) in [6, 6.07) is 0. The third kappa shape index (κ3) is 2.69. The summed E-state index contributed by atoms with van der Waals surface area (Å²) in [5.74, 6) is 0.682. The Morgan fingerprint density at radius 1 is 1.39 bits per heavy atom. The Balaban J connectivity index is 2.24. The Bertz CT molecular complexity index is 529. The van der Waals surface area contributed by atoms with E-state index >= 15 is 0 Å². The lowest BCUT2D eigenvalue weighted by atomic mass is 9.83. The van der Waals surface area contributed by atoms with Gasteiger partial charge in [-0.3, -0.25) is 14.3 Å². The van der Waals surface area contributed by atoms with Gasteiger partial charge in [0.2, 0.25) is 0 Å². The van der Waals surface area contributed by atoms with Gasteiger partial charge in [-0.1, -0.05) is 44.2 Å². The van der Waals surface area contributed by atoms with Crippen molar-refractivity contribution in [1.29, 1.82) is 0 Å². The normalized spacial score (nSPS) is 15.7. The van der Waals surface area contributed by atoms with Crippen LogP contribution in [0.25, 0.3) is 0 Å². The predicted octanol–water partition coefficient (Wildman–Crippen LogP) is 2.33. The van der Waals surface area contributed by atoms with E-state index in [0.29, 0.717) is 24.4 Å². The summed E-state index contributed by atoms with van der Waals surface area (Å²) in [7, 11) is 0. The van der Waals surface area contributed by atoms with Gasteiger partial charge in [0, 0.05) is 6.54 Å². The van der Waals surface area contributed by atoms with Crippen LogP contribution in [0.4, 0.5) is 0 Å². The maximum atomic E-state index is 12.2. The Morgan fingerprint density at radius 3 is 2.67 bits per heavy atom. The molecule has 4 nitrogen and oxygen atoms in total. The first-order chi connectivity index (χ1) is 8.63. The molecular weight excluding hydrogens is 252 g/mol. The van der Waals surface area contributed by atoms with Gasteiger partial charge in [-0.2, -0.15) is 0 Å². The van der Waals surface area contributed by atoms with Crippen molar-refractivity contribution in [2.75, 3.05) is 0 Å². The maximum Gasteiger partial charge on any atom is 0.329 e. The van der Waals surface area contributed by atoms with E-state index in [2.05, 4.69) is 4.98 Å². The number of hydrogen-bond acceptors (Lipinski definition) is 2. The zero-order valence-corrected chi connectivity index (χ0v) is 11.4. The van der Waals surface area contributed by atoms with Crippen molar-refractivity contribution in [2.45, 2.75) is 52.0 Å². The molecule has 1 saturated carbocycles. The fourth-order valence-corrected chi connectivity index (χ4v) is 2.60. The minimum Gasteiger partial charge on any atom is -0.297 e. The molecule has 1 aliphatic rings. The van der Waals surface area contributed by atoms with E-state index in [1.165, 1.54) is 23.8 Å². The molecule has 0 amide bonds. The number of halogens is 1. The lowest BCUT2D eigenvalue weighted by molar-refractivity contribution is 0.279. The largest absolute Gasteiger partial charge is 0.329 e. The second kappa shape index (κ2) is 5.74. The lowest BCUT2D eigenvalue weighted by Crippen LogP contribution is -2.38. The molecule has 1 aliphatic carbocycles. The summed E-state index contributed by atoms with van der Waals surface area (Å²) < 4.78 is 1.30. The third-order valence-corrected chi connectivity index (χ3v) is 4.04.